The summed E-state index contributed by atoms with van der Waals surface area (Å²) in [4.78, 5) is 72.4. The van der Waals surface area contributed by atoms with Crippen LogP contribution < -0.4 is 0 Å². The van der Waals surface area contributed by atoms with E-state index in [0.717, 1.165) is 95.8 Å². The van der Waals surface area contributed by atoms with Crippen LogP contribution in [0.3, 0.4) is 0 Å². The highest BCUT2D eigenvalue weighted by Gasteiger charge is 2.30. The maximum absolute atomic E-state index is 13.0. The Labute approximate surface area is 530 Å². The molecule has 0 saturated carbocycles. The summed E-state index contributed by atoms with van der Waals surface area (Å²) in [5.74, 6) is -0.675. The SMILES string of the molecule is CCCCCCCCCCCCCCCCCC(=O)O[C@H](COC(=O)CCCCCCCCCCCCC(C)C)COP(=O)(O)OC[C@@H](O)COP(=O)(O)OC[C@@H](COC(=O)CCCCCCCCCCC)OC(=O)CCCCCCCCCC(C)C. The van der Waals surface area contributed by atoms with Crippen LogP contribution in [-0.4, -0.2) is 96.7 Å². The Kier molecular flexibility index (Phi) is 59.0. The van der Waals surface area contributed by atoms with Gasteiger partial charge in [-0.1, -0.05) is 292 Å². The van der Waals surface area contributed by atoms with Gasteiger partial charge in [-0.25, -0.2) is 9.13 Å². The molecule has 0 rings (SSSR count). The lowest BCUT2D eigenvalue weighted by Gasteiger charge is -2.21. The number of phosphoric acid groups is 2. The van der Waals surface area contributed by atoms with Gasteiger partial charge in [0.2, 0.25) is 0 Å². The third-order valence-corrected chi connectivity index (χ3v) is 17.6. The molecule has 0 heterocycles. The molecule has 0 bridgehead atoms. The summed E-state index contributed by atoms with van der Waals surface area (Å²) < 4.78 is 68.1. The van der Waals surface area contributed by atoms with Crippen molar-refractivity contribution in [2.24, 2.45) is 11.8 Å². The molecule has 0 spiro atoms. The third-order valence-electron chi connectivity index (χ3n) is 15.7. The van der Waals surface area contributed by atoms with Gasteiger partial charge in [0, 0.05) is 25.7 Å². The molecule has 0 aliphatic heterocycles. The van der Waals surface area contributed by atoms with Crippen molar-refractivity contribution in [3.63, 3.8) is 0 Å². The van der Waals surface area contributed by atoms with E-state index in [0.29, 0.717) is 31.6 Å². The molecule has 17 nitrogen and oxygen atoms in total. The van der Waals surface area contributed by atoms with Gasteiger partial charge in [-0.15, -0.1) is 0 Å². The molecule has 2 unspecified atom stereocenters. The summed E-state index contributed by atoms with van der Waals surface area (Å²) in [7, 11) is -9.89. The van der Waals surface area contributed by atoms with Gasteiger partial charge in [0.1, 0.15) is 19.3 Å². The van der Waals surface area contributed by atoms with Crippen molar-refractivity contribution in [3.8, 4) is 0 Å². The number of rotatable bonds is 67. The van der Waals surface area contributed by atoms with Crippen LogP contribution >= 0.6 is 15.6 Å². The van der Waals surface area contributed by atoms with Gasteiger partial charge in [-0.3, -0.25) is 37.3 Å². The predicted octanol–water partition coefficient (Wildman–Crippen LogP) is 19.2. The zero-order valence-corrected chi connectivity index (χ0v) is 58.1. The van der Waals surface area contributed by atoms with Gasteiger partial charge in [-0.05, 0) is 37.5 Å². The predicted molar refractivity (Wildman–Crippen MR) is 349 cm³/mol. The molecule has 19 heteroatoms. The van der Waals surface area contributed by atoms with Crippen molar-refractivity contribution in [1.82, 2.24) is 0 Å². The van der Waals surface area contributed by atoms with Gasteiger partial charge in [-0.2, -0.15) is 0 Å². The Morgan fingerprint density at radius 1 is 0.310 bits per heavy atom. The van der Waals surface area contributed by atoms with E-state index in [9.17, 15) is 43.2 Å². The molecular formula is C68H132O17P2. The number of carbonyl (C=O) groups is 4. The largest absolute Gasteiger partial charge is 0.472 e. The Morgan fingerprint density at radius 2 is 0.529 bits per heavy atom. The smallest absolute Gasteiger partial charge is 0.462 e. The fraction of sp³-hybridized carbons (Fsp3) is 0.941. The fourth-order valence-corrected chi connectivity index (χ4v) is 11.8. The molecule has 0 aliphatic rings. The molecule has 0 aliphatic carbocycles. The molecule has 0 aromatic carbocycles. The van der Waals surface area contributed by atoms with Crippen molar-refractivity contribution in [2.45, 2.75) is 362 Å². The minimum absolute atomic E-state index is 0.103. The Balaban J connectivity index is 5.23. The molecule has 516 valence electrons. The lowest BCUT2D eigenvalue weighted by molar-refractivity contribution is -0.161. The highest BCUT2D eigenvalue weighted by molar-refractivity contribution is 7.47. The summed E-state index contributed by atoms with van der Waals surface area (Å²) in [5.41, 5.74) is 0. The Morgan fingerprint density at radius 3 is 0.782 bits per heavy atom. The molecule has 87 heavy (non-hydrogen) atoms. The lowest BCUT2D eigenvalue weighted by atomic mass is 10.0. The number of aliphatic hydroxyl groups excluding tert-OH is 1. The number of hydrogen-bond donors (Lipinski definition) is 3. The summed E-state index contributed by atoms with van der Waals surface area (Å²) in [6.45, 7) is 9.45. The normalized spacial score (nSPS) is 14.2. The minimum Gasteiger partial charge on any atom is -0.462 e. The fourth-order valence-electron chi connectivity index (χ4n) is 10.2. The van der Waals surface area contributed by atoms with Gasteiger partial charge in [0.25, 0.3) is 0 Å². The molecule has 0 fully saturated rings. The molecule has 0 radical (unpaired) electrons. The van der Waals surface area contributed by atoms with Gasteiger partial charge < -0.3 is 33.8 Å². The van der Waals surface area contributed by atoms with Crippen molar-refractivity contribution < 1.29 is 80.2 Å². The van der Waals surface area contributed by atoms with Crippen LogP contribution in [0.5, 0.6) is 0 Å². The van der Waals surface area contributed by atoms with Gasteiger partial charge in [0.05, 0.1) is 26.4 Å². The first-order valence-electron chi connectivity index (χ1n) is 35.5. The highest BCUT2D eigenvalue weighted by atomic mass is 31.2. The van der Waals surface area contributed by atoms with Crippen LogP contribution in [0, 0.1) is 11.8 Å². The number of carbonyl (C=O) groups excluding carboxylic acids is 4. The number of unbranched alkanes of at least 4 members (excludes halogenated alkanes) is 37. The monoisotopic (exact) mass is 1280 g/mol. The first-order chi connectivity index (χ1) is 41.9. The summed E-state index contributed by atoms with van der Waals surface area (Å²) in [6.07, 6.45) is 44.5. The molecule has 0 aromatic rings. The number of hydrogen-bond acceptors (Lipinski definition) is 15. The Hall–Kier alpha value is -1.94. The van der Waals surface area contributed by atoms with Crippen molar-refractivity contribution >= 4 is 39.5 Å². The lowest BCUT2D eigenvalue weighted by Crippen LogP contribution is -2.30. The zero-order chi connectivity index (χ0) is 64.3. The van der Waals surface area contributed by atoms with Crippen molar-refractivity contribution in [2.75, 3.05) is 39.6 Å². The van der Waals surface area contributed by atoms with E-state index in [1.807, 2.05) is 0 Å². The molecule has 0 aromatic heterocycles. The van der Waals surface area contributed by atoms with Crippen LogP contribution in [0.15, 0.2) is 0 Å². The molecule has 5 atom stereocenters. The van der Waals surface area contributed by atoms with Gasteiger partial charge in [0.15, 0.2) is 12.2 Å². The number of phosphoric ester groups is 2. The van der Waals surface area contributed by atoms with Gasteiger partial charge >= 0.3 is 39.5 Å². The van der Waals surface area contributed by atoms with Crippen molar-refractivity contribution in [1.29, 1.82) is 0 Å². The van der Waals surface area contributed by atoms with E-state index >= 15 is 0 Å². The number of esters is 4. The average Bonchev–Trinajstić information content (AvgIpc) is 3.70. The summed E-state index contributed by atoms with van der Waals surface area (Å²) in [6, 6.07) is 0. The molecular weight excluding hydrogens is 1150 g/mol. The topological polar surface area (TPSA) is 237 Å². The maximum Gasteiger partial charge on any atom is 0.472 e. The zero-order valence-electron chi connectivity index (χ0n) is 56.3. The van der Waals surface area contributed by atoms with Crippen LogP contribution in [-0.2, 0) is 65.4 Å². The van der Waals surface area contributed by atoms with Crippen LogP contribution in [0.2, 0.25) is 0 Å². The van der Waals surface area contributed by atoms with Crippen LogP contribution in [0.1, 0.15) is 343 Å². The van der Waals surface area contributed by atoms with Crippen LogP contribution in [0.4, 0.5) is 0 Å². The van der Waals surface area contributed by atoms with E-state index in [1.54, 1.807) is 0 Å². The van der Waals surface area contributed by atoms with Crippen LogP contribution in [0.25, 0.3) is 0 Å². The summed E-state index contributed by atoms with van der Waals surface area (Å²) in [5, 5.41) is 10.6. The quantitative estimate of drug-likeness (QED) is 0.0222. The van der Waals surface area contributed by atoms with E-state index in [-0.39, 0.29) is 25.7 Å². The molecule has 0 saturated heterocycles. The second kappa shape index (κ2) is 60.3. The highest BCUT2D eigenvalue weighted by Crippen LogP contribution is 2.45. The first kappa shape index (κ1) is 85.1. The van der Waals surface area contributed by atoms with E-state index in [2.05, 4.69) is 41.5 Å². The Bertz CT molecular complexity index is 1700. The standard InChI is InChI=1S/C68H132O17P2/c1-7-9-11-13-15-17-18-19-20-21-22-28-34-40-46-52-67(72)84-63(56-79-66(71)51-45-39-33-27-24-23-26-30-36-42-48-60(3)4)58-82-86(74,75)80-54-62(69)55-81-87(76,77)83-59-64(57-78-65(70)50-44-38-32-25-16-14-12-10-8-2)85-68(73)53-47-41-35-29-31-37-43-49-61(5)6/h60-64,69H,7-59H2,1-6H3,(H,74,75)(H,76,77)/t62-,63-,64-/m1/s1. The van der Waals surface area contributed by atoms with E-state index in [1.165, 1.54) is 161 Å². The molecule has 0 amide bonds. The van der Waals surface area contributed by atoms with Crippen molar-refractivity contribution in [3.05, 3.63) is 0 Å². The third kappa shape index (κ3) is 62.6. The second-order valence-corrected chi connectivity index (χ2v) is 28.4. The second-order valence-electron chi connectivity index (χ2n) is 25.5. The average molecular weight is 1280 g/mol. The van der Waals surface area contributed by atoms with E-state index < -0.39 is 97.5 Å². The summed E-state index contributed by atoms with van der Waals surface area (Å²) >= 11 is 0. The first-order valence-corrected chi connectivity index (χ1v) is 38.5. The maximum atomic E-state index is 13.0. The minimum atomic E-state index is -4.95. The van der Waals surface area contributed by atoms with E-state index in [4.69, 9.17) is 37.0 Å². The number of aliphatic hydroxyl groups is 1. The molecule has 3 N–H and O–H groups in total. The number of ether oxygens (including phenoxy) is 4.